The molecule has 0 radical (unpaired) electrons. The molecule has 1 N–H and O–H groups in total. The molecule has 2 heterocycles. The first-order chi connectivity index (χ1) is 9.12. The monoisotopic (exact) mass is 270 g/mol. The van der Waals surface area contributed by atoms with Crippen molar-refractivity contribution in [1.29, 1.82) is 0 Å². The molecule has 1 spiro atoms. The Morgan fingerprint density at radius 1 is 1.26 bits per heavy atom. The number of hydrogen-bond donors (Lipinski definition) is 1. The van der Waals surface area contributed by atoms with Crippen LogP contribution in [0.4, 0.5) is 0 Å². The van der Waals surface area contributed by atoms with Crippen LogP contribution in [0.5, 0.6) is 0 Å². The van der Waals surface area contributed by atoms with Gasteiger partial charge in [0.25, 0.3) is 0 Å². The molecule has 19 heavy (non-hydrogen) atoms. The molecule has 0 aromatic heterocycles. The zero-order valence-electron chi connectivity index (χ0n) is 11.4. The summed E-state index contributed by atoms with van der Waals surface area (Å²) in [6.45, 7) is 1.20. The van der Waals surface area contributed by atoms with Crippen LogP contribution >= 0.6 is 0 Å². The van der Waals surface area contributed by atoms with Crippen molar-refractivity contribution in [3.63, 3.8) is 0 Å². The Morgan fingerprint density at radius 3 is 2.63 bits per heavy atom. The first kappa shape index (κ1) is 13.3. The predicted octanol–water partition coefficient (Wildman–Crippen LogP) is 1.03. The lowest BCUT2D eigenvalue weighted by Gasteiger charge is -2.44. The fourth-order valence-electron chi connectivity index (χ4n) is 4.43. The highest BCUT2D eigenvalue weighted by atomic mass is 16.6. The molecule has 108 valence electrons. The van der Waals surface area contributed by atoms with Gasteiger partial charge in [0.15, 0.2) is 0 Å². The Balaban J connectivity index is 2.03. The van der Waals surface area contributed by atoms with Gasteiger partial charge >= 0.3 is 5.97 Å². The van der Waals surface area contributed by atoms with Gasteiger partial charge < -0.3 is 19.3 Å². The van der Waals surface area contributed by atoms with Crippen LogP contribution in [-0.2, 0) is 19.0 Å². The highest BCUT2D eigenvalue weighted by Gasteiger charge is 2.70. The van der Waals surface area contributed by atoms with Crippen LogP contribution in [0.25, 0.3) is 0 Å². The topological polar surface area (TPSA) is 65.0 Å². The van der Waals surface area contributed by atoms with Crippen molar-refractivity contribution in [2.75, 3.05) is 26.9 Å². The summed E-state index contributed by atoms with van der Waals surface area (Å²) in [6, 6.07) is 0. The van der Waals surface area contributed by atoms with Crippen molar-refractivity contribution >= 4 is 5.97 Å². The van der Waals surface area contributed by atoms with Gasteiger partial charge in [-0.1, -0.05) is 0 Å². The molecule has 0 aromatic carbocycles. The van der Waals surface area contributed by atoms with Gasteiger partial charge in [-0.3, -0.25) is 4.79 Å². The van der Waals surface area contributed by atoms with Crippen LogP contribution in [0.2, 0.25) is 0 Å². The Bertz CT molecular complexity index is 376. The molecule has 5 heteroatoms. The van der Waals surface area contributed by atoms with Crippen molar-refractivity contribution in [3.8, 4) is 0 Å². The van der Waals surface area contributed by atoms with E-state index in [1.807, 2.05) is 0 Å². The first-order valence-electron chi connectivity index (χ1n) is 7.09. The van der Waals surface area contributed by atoms with Crippen LogP contribution in [-0.4, -0.2) is 49.2 Å². The zero-order valence-corrected chi connectivity index (χ0v) is 11.4. The summed E-state index contributed by atoms with van der Waals surface area (Å²) < 4.78 is 16.9. The second-order valence-corrected chi connectivity index (χ2v) is 6.15. The standard InChI is InChI=1S/C14H22O5/c1-17-11(16)13-4-2-3-12(9-13,10-15)19-14(13)5-7-18-8-6-14/h15H,2-10H2,1H3/t12-,13+/m0/s1. The smallest absolute Gasteiger partial charge is 0.314 e. The number of hydrogen-bond acceptors (Lipinski definition) is 5. The fraction of sp³-hybridized carbons (Fsp3) is 0.929. The Hall–Kier alpha value is -0.650. The summed E-state index contributed by atoms with van der Waals surface area (Å²) in [6.07, 6.45) is 4.53. The van der Waals surface area contributed by atoms with E-state index in [2.05, 4.69) is 0 Å². The molecule has 2 bridgehead atoms. The van der Waals surface area contributed by atoms with Crippen molar-refractivity contribution in [2.24, 2.45) is 5.41 Å². The molecule has 0 aromatic rings. The predicted molar refractivity (Wildman–Crippen MR) is 66.6 cm³/mol. The lowest BCUT2D eigenvalue weighted by molar-refractivity contribution is -0.189. The Kier molecular flexibility index (Phi) is 3.11. The van der Waals surface area contributed by atoms with E-state index in [4.69, 9.17) is 14.2 Å². The number of methoxy groups -OCH3 is 1. The molecule has 1 saturated carbocycles. The molecule has 2 aliphatic heterocycles. The second kappa shape index (κ2) is 4.43. The molecular formula is C14H22O5. The summed E-state index contributed by atoms with van der Waals surface area (Å²) in [7, 11) is 1.44. The van der Waals surface area contributed by atoms with E-state index in [1.165, 1.54) is 7.11 Å². The number of carbonyl (C=O) groups is 1. The maximum absolute atomic E-state index is 12.5. The van der Waals surface area contributed by atoms with Crippen LogP contribution in [0.15, 0.2) is 0 Å². The van der Waals surface area contributed by atoms with Gasteiger partial charge in [0.2, 0.25) is 0 Å². The van der Waals surface area contributed by atoms with Gasteiger partial charge in [0.1, 0.15) is 0 Å². The molecule has 0 amide bonds. The van der Waals surface area contributed by atoms with E-state index < -0.39 is 16.6 Å². The maximum Gasteiger partial charge on any atom is 0.314 e. The summed E-state index contributed by atoms with van der Waals surface area (Å²) in [4.78, 5) is 12.5. The molecular weight excluding hydrogens is 248 g/mol. The van der Waals surface area contributed by atoms with E-state index in [-0.39, 0.29) is 12.6 Å². The zero-order chi connectivity index (χ0) is 13.6. The molecule has 2 atom stereocenters. The average Bonchev–Trinajstić information content (AvgIpc) is 2.65. The SMILES string of the molecule is COC(=O)[C@@]12CCC[C@@](CO)(C1)OC21CCOCC1. The number of esters is 1. The third kappa shape index (κ3) is 1.68. The highest BCUT2D eigenvalue weighted by molar-refractivity contribution is 5.79. The van der Waals surface area contributed by atoms with Crippen LogP contribution in [0.1, 0.15) is 38.5 Å². The lowest BCUT2D eigenvalue weighted by atomic mass is 9.60. The molecule has 3 rings (SSSR count). The fourth-order valence-corrected chi connectivity index (χ4v) is 4.43. The number of aliphatic hydroxyl groups excluding tert-OH is 1. The lowest BCUT2D eigenvalue weighted by Crippen LogP contribution is -2.53. The summed E-state index contributed by atoms with van der Waals surface area (Å²) in [5.41, 5.74) is -1.64. The van der Waals surface area contributed by atoms with E-state index in [1.54, 1.807) is 0 Å². The number of rotatable bonds is 2. The minimum absolute atomic E-state index is 0.0195. The minimum Gasteiger partial charge on any atom is -0.469 e. The number of fused-ring (bicyclic) bond motifs is 3. The van der Waals surface area contributed by atoms with E-state index in [9.17, 15) is 9.90 Å². The Morgan fingerprint density at radius 2 is 2.00 bits per heavy atom. The largest absolute Gasteiger partial charge is 0.469 e. The Labute approximate surface area is 113 Å². The van der Waals surface area contributed by atoms with Crippen molar-refractivity contribution in [1.82, 2.24) is 0 Å². The molecule has 2 saturated heterocycles. The van der Waals surface area contributed by atoms with Gasteiger partial charge in [-0.05, 0) is 25.7 Å². The number of carbonyl (C=O) groups excluding carboxylic acids is 1. The van der Waals surface area contributed by atoms with Gasteiger partial charge in [-0.15, -0.1) is 0 Å². The maximum atomic E-state index is 12.5. The van der Waals surface area contributed by atoms with Crippen molar-refractivity contribution < 1.29 is 24.1 Å². The molecule has 5 nitrogen and oxygen atoms in total. The van der Waals surface area contributed by atoms with Gasteiger partial charge in [0, 0.05) is 26.1 Å². The number of ether oxygens (including phenoxy) is 3. The molecule has 3 aliphatic rings. The molecule has 1 aliphatic carbocycles. The van der Waals surface area contributed by atoms with E-state index >= 15 is 0 Å². The van der Waals surface area contributed by atoms with E-state index in [0.717, 1.165) is 19.3 Å². The van der Waals surface area contributed by atoms with Crippen LogP contribution < -0.4 is 0 Å². The third-order valence-corrected chi connectivity index (χ3v) is 5.31. The quantitative estimate of drug-likeness (QED) is 0.759. The van der Waals surface area contributed by atoms with Gasteiger partial charge in [-0.2, -0.15) is 0 Å². The van der Waals surface area contributed by atoms with Gasteiger partial charge in [0.05, 0.1) is 30.3 Å². The minimum atomic E-state index is -0.591. The van der Waals surface area contributed by atoms with Crippen LogP contribution in [0.3, 0.4) is 0 Å². The van der Waals surface area contributed by atoms with Gasteiger partial charge in [-0.25, -0.2) is 0 Å². The van der Waals surface area contributed by atoms with Crippen molar-refractivity contribution in [2.45, 2.75) is 49.7 Å². The number of aliphatic hydroxyl groups is 1. The second-order valence-electron chi connectivity index (χ2n) is 6.15. The first-order valence-corrected chi connectivity index (χ1v) is 7.09. The van der Waals surface area contributed by atoms with E-state index in [0.29, 0.717) is 32.5 Å². The third-order valence-electron chi connectivity index (χ3n) is 5.31. The summed E-state index contributed by atoms with van der Waals surface area (Å²) in [5.74, 6) is -0.176. The normalized spacial score (nSPS) is 40.3. The summed E-state index contributed by atoms with van der Waals surface area (Å²) in [5, 5.41) is 9.74. The molecule has 3 fully saturated rings. The summed E-state index contributed by atoms with van der Waals surface area (Å²) >= 11 is 0. The van der Waals surface area contributed by atoms with Crippen molar-refractivity contribution in [3.05, 3.63) is 0 Å². The highest BCUT2D eigenvalue weighted by Crippen LogP contribution is 2.62. The molecule has 0 unspecified atom stereocenters. The van der Waals surface area contributed by atoms with Crippen LogP contribution in [0, 0.1) is 5.41 Å². The average molecular weight is 270 g/mol.